The van der Waals surface area contributed by atoms with Gasteiger partial charge in [0.15, 0.2) is 0 Å². The van der Waals surface area contributed by atoms with Crippen LogP contribution >= 0.6 is 0 Å². The van der Waals surface area contributed by atoms with Gasteiger partial charge in [-0.25, -0.2) is 28.1 Å². The quantitative estimate of drug-likeness (QED) is 0.251. The van der Waals surface area contributed by atoms with Crippen molar-refractivity contribution in [2.75, 3.05) is 33.3 Å². The van der Waals surface area contributed by atoms with Crippen molar-refractivity contribution in [2.24, 2.45) is 0 Å². The molecule has 0 saturated carbocycles. The van der Waals surface area contributed by atoms with Crippen LogP contribution in [-0.4, -0.2) is 61.7 Å². The van der Waals surface area contributed by atoms with E-state index in [0.29, 0.717) is 6.42 Å². The first-order valence-electron chi connectivity index (χ1n) is 13.8. The molecule has 3 aromatic carbocycles. The zero-order chi connectivity index (χ0) is 28.0. The topological polar surface area (TPSA) is 90.6 Å². The van der Waals surface area contributed by atoms with Gasteiger partial charge < -0.3 is 9.72 Å². The van der Waals surface area contributed by atoms with E-state index in [9.17, 15) is 8.42 Å². The number of aromatic nitrogens is 2. The average Bonchev–Trinajstić information content (AvgIpc) is 3.68. The number of H-pyrrole nitrogens is 1. The third-order valence-corrected chi connectivity index (χ3v) is 8.78. The highest BCUT2D eigenvalue weighted by Gasteiger charge is 2.20. The molecule has 2 heterocycles. The summed E-state index contributed by atoms with van der Waals surface area (Å²) in [6, 6.07) is 24.8. The Labute approximate surface area is 237 Å². The standard InChI is InChI=1S/C31H37N5O3S/c1-3-35(36-21-7-8-22-36)23-24-11-17-28(18-12-24)40(37,38)32-20-19-29-30(25-13-15-27(39-2)16-14-25)34-31(33-29)26-9-5-4-6-10-26/h4-6,9-18,32H,3,7-8,19-23H2,1-2H3,(H,33,34). The smallest absolute Gasteiger partial charge is 0.240 e. The zero-order valence-electron chi connectivity index (χ0n) is 23.1. The summed E-state index contributed by atoms with van der Waals surface area (Å²) in [6.45, 7) is 6.29. The summed E-state index contributed by atoms with van der Waals surface area (Å²) in [5.74, 6) is 1.51. The second-order valence-electron chi connectivity index (χ2n) is 9.94. The van der Waals surface area contributed by atoms with Gasteiger partial charge in [0, 0.05) is 56.0 Å². The molecule has 40 heavy (non-hydrogen) atoms. The molecule has 5 rings (SSSR count). The first-order valence-corrected chi connectivity index (χ1v) is 15.3. The third-order valence-electron chi connectivity index (χ3n) is 7.30. The van der Waals surface area contributed by atoms with Gasteiger partial charge in [0.25, 0.3) is 0 Å². The van der Waals surface area contributed by atoms with Crippen LogP contribution < -0.4 is 9.46 Å². The van der Waals surface area contributed by atoms with Crippen molar-refractivity contribution in [3.63, 3.8) is 0 Å². The summed E-state index contributed by atoms with van der Waals surface area (Å²) in [5.41, 5.74) is 4.66. The van der Waals surface area contributed by atoms with Crippen LogP contribution in [0.1, 0.15) is 31.0 Å². The summed E-state index contributed by atoms with van der Waals surface area (Å²) in [6.07, 6.45) is 2.92. The molecular weight excluding hydrogens is 522 g/mol. The van der Waals surface area contributed by atoms with E-state index in [-0.39, 0.29) is 11.4 Å². The molecule has 9 heteroatoms. The van der Waals surface area contributed by atoms with Gasteiger partial charge in [0.1, 0.15) is 11.6 Å². The van der Waals surface area contributed by atoms with Gasteiger partial charge >= 0.3 is 0 Å². The number of rotatable bonds is 12. The predicted octanol–water partition coefficient (Wildman–Crippen LogP) is 5.11. The fourth-order valence-electron chi connectivity index (χ4n) is 5.08. The van der Waals surface area contributed by atoms with Crippen LogP contribution in [0.4, 0.5) is 0 Å². The maximum atomic E-state index is 13.1. The summed E-state index contributed by atoms with van der Waals surface area (Å²) < 4.78 is 34.3. The largest absolute Gasteiger partial charge is 0.497 e. The molecule has 0 bridgehead atoms. The van der Waals surface area contributed by atoms with E-state index < -0.39 is 10.0 Å². The number of imidazole rings is 1. The fraction of sp³-hybridized carbons (Fsp3) is 0.323. The molecule has 1 saturated heterocycles. The minimum Gasteiger partial charge on any atom is -0.497 e. The molecule has 1 aliphatic heterocycles. The lowest BCUT2D eigenvalue weighted by molar-refractivity contribution is -0.00644. The van der Waals surface area contributed by atoms with Gasteiger partial charge in [-0.05, 0) is 54.8 Å². The maximum absolute atomic E-state index is 13.1. The molecule has 1 fully saturated rings. The summed E-state index contributed by atoms with van der Waals surface area (Å²) in [5, 5.41) is 4.73. The highest BCUT2D eigenvalue weighted by molar-refractivity contribution is 7.89. The Morgan fingerprint density at radius 1 is 0.950 bits per heavy atom. The molecule has 0 aliphatic carbocycles. The van der Waals surface area contributed by atoms with E-state index in [1.165, 1.54) is 12.8 Å². The van der Waals surface area contributed by atoms with Crippen molar-refractivity contribution in [2.45, 2.75) is 37.6 Å². The third kappa shape index (κ3) is 6.62. The van der Waals surface area contributed by atoms with Gasteiger partial charge in [0.2, 0.25) is 10.0 Å². The van der Waals surface area contributed by atoms with E-state index in [1.54, 1.807) is 19.2 Å². The molecule has 0 spiro atoms. The molecule has 0 unspecified atom stereocenters. The highest BCUT2D eigenvalue weighted by Crippen LogP contribution is 2.28. The zero-order valence-corrected chi connectivity index (χ0v) is 24.0. The second-order valence-corrected chi connectivity index (χ2v) is 11.7. The number of methoxy groups -OCH3 is 1. The van der Waals surface area contributed by atoms with E-state index in [4.69, 9.17) is 9.72 Å². The van der Waals surface area contributed by atoms with Crippen LogP contribution in [0.2, 0.25) is 0 Å². The number of nitrogens with zero attached hydrogens (tertiary/aromatic N) is 3. The minimum absolute atomic E-state index is 0.238. The number of benzene rings is 3. The summed E-state index contributed by atoms with van der Waals surface area (Å²) >= 11 is 0. The molecule has 0 radical (unpaired) electrons. The summed E-state index contributed by atoms with van der Waals surface area (Å²) in [7, 11) is -2.02. The van der Waals surface area contributed by atoms with E-state index >= 15 is 0 Å². The molecule has 1 aromatic heterocycles. The first kappa shape index (κ1) is 28.0. The number of hydrazine groups is 1. The number of nitrogens with one attached hydrogen (secondary N) is 2. The van der Waals surface area contributed by atoms with Crippen LogP contribution in [0, 0.1) is 0 Å². The van der Waals surface area contributed by atoms with E-state index in [0.717, 1.165) is 65.8 Å². The Balaban J connectivity index is 1.27. The predicted molar refractivity (Wildman–Crippen MR) is 158 cm³/mol. The number of hydrogen-bond donors (Lipinski definition) is 2. The van der Waals surface area contributed by atoms with Crippen LogP contribution in [0.25, 0.3) is 22.6 Å². The van der Waals surface area contributed by atoms with Gasteiger partial charge in [0.05, 0.1) is 17.7 Å². The van der Waals surface area contributed by atoms with Crippen molar-refractivity contribution >= 4 is 10.0 Å². The number of hydrogen-bond acceptors (Lipinski definition) is 6. The van der Waals surface area contributed by atoms with Gasteiger partial charge in [-0.15, -0.1) is 0 Å². The van der Waals surface area contributed by atoms with Crippen molar-refractivity contribution in [3.05, 3.63) is 90.1 Å². The number of ether oxygens (including phenoxy) is 1. The summed E-state index contributed by atoms with van der Waals surface area (Å²) in [4.78, 5) is 8.56. The molecule has 210 valence electrons. The number of sulfonamides is 1. The lowest BCUT2D eigenvalue weighted by atomic mass is 10.1. The monoisotopic (exact) mass is 559 g/mol. The van der Waals surface area contributed by atoms with Crippen LogP contribution in [-0.2, 0) is 23.0 Å². The van der Waals surface area contributed by atoms with Gasteiger partial charge in [-0.1, -0.05) is 49.4 Å². The SMILES string of the molecule is CCN(Cc1ccc(S(=O)(=O)NCCc2[nH]c(-c3ccccc3)nc2-c2ccc(OC)cc2)cc1)N1CCCC1. The number of aromatic amines is 1. The molecular formula is C31H37N5O3S. The van der Waals surface area contributed by atoms with Gasteiger partial charge in [-0.2, -0.15) is 0 Å². The van der Waals surface area contributed by atoms with Crippen molar-refractivity contribution in [1.82, 2.24) is 24.7 Å². The molecule has 1 aliphatic rings. The molecule has 0 amide bonds. The Morgan fingerprint density at radius 2 is 1.65 bits per heavy atom. The van der Waals surface area contributed by atoms with E-state index in [1.807, 2.05) is 66.7 Å². The average molecular weight is 560 g/mol. The second kappa shape index (κ2) is 12.8. The highest BCUT2D eigenvalue weighted by atomic mass is 32.2. The van der Waals surface area contributed by atoms with E-state index in [2.05, 4.69) is 26.6 Å². The van der Waals surface area contributed by atoms with Crippen LogP contribution in [0.15, 0.2) is 83.8 Å². The Morgan fingerprint density at radius 3 is 2.30 bits per heavy atom. The molecule has 8 nitrogen and oxygen atoms in total. The van der Waals surface area contributed by atoms with Crippen LogP contribution in [0.3, 0.4) is 0 Å². The van der Waals surface area contributed by atoms with Crippen molar-refractivity contribution in [3.8, 4) is 28.4 Å². The Hall–Kier alpha value is -3.50. The lowest BCUT2D eigenvalue weighted by Gasteiger charge is -2.30. The lowest BCUT2D eigenvalue weighted by Crippen LogP contribution is -2.39. The normalized spacial score (nSPS) is 14.2. The Bertz CT molecular complexity index is 1480. The fourth-order valence-corrected chi connectivity index (χ4v) is 6.12. The van der Waals surface area contributed by atoms with Crippen LogP contribution in [0.5, 0.6) is 5.75 Å². The molecule has 2 N–H and O–H groups in total. The van der Waals surface area contributed by atoms with Crippen molar-refractivity contribution in [1.29, 1.82) is 0 Å². The first-order chi connectivity index (χ1) is 19.5. The maximum Gasteiger partial charge on any atom is 0.240 e. The Kier molecular flexibility index (Phi) is 8.96. The molecule has 0 atom stereocenters. The van der Waals surface area contributed by atoms with Crippen molar-refractivity contribution < 1.29 is 13.2 Å². The minimum atomic E-state index is -3.65. The molecule has 4 aromatic rings. The van der Waals surface area contributed by atoms with Gasteiger partial charge in [-0.3, -0.25) is 0 Å².